The molecule has 0 fully saturated rings. The lowest BCUT2D eigenvalue weighted by atomic mass is 10.2. The van der Waals surface area contributed by atoms with Crippen molar-refractivity contribution in [1.29, 1.82) is 0 Å². The molecular formula is C14H20FN3O2. The number of hydrogen-bond acceptors (Lipinski definition) is 3. The van der Waals surface area contributed by atoms with Gasteiger partial charge in [-0.25, -0.2) is 4.39 Å². The first-order valence-electron chi connectivity index (χ1n) is 6.38. The quantitative estimate of drug-likeness (QED) is 0.824. The zero-order valence-corrected chi connectivity index (χ0v) is 11.9. The van der Waals surface area contributed by atoms with Gasteiger partial charge in [0.15, 0.2) is 0 Å². The Labute approximate surface area is 117 Å². The number of halogens is 1. The summed E-state index contributed by atoms with van der Waals surface area (Å²) in [7, 11) is 0. The number of nitrogens with one attached hydrogen (secondary N) is 1. The molecule has 2 amide bonds. The maximum atomic E-state index is 13.4. The Kier molecular flexibility index (Phi) is 5.64. The van der Waals surface area contributed by atoms with Gasteiger partial charge in [0.25, 0.3) is 0 Å². The molecule has 1 aromatic rings. The van der Waals surface area contributed by atoms with Gasteiger partial charge in [0.2, 0.25) is 11.8 Å². The molecule has 110 valence electrons. The van der Waals surface area contributed by atoms with Crippen LogP contribution in [-0.4, -0.2) is 35.8 Å². The van der Waals surface area contributed by atoms with Crippen molar-refractivity contribution in [3.8, 4) is 0 Å². The molecule has 20 heavy (non-hydrogen) atoms. The minimum atomic E-state index is -0.493. The van der Waals surface area contributed by atoms with Crippen LogP contribution in [0.4, 0.5) is 10.1 Å². The van der Waals surface area contributed by atoms with E-state index in [0.717, 1.165) is 0 Å². The summed E-state index contributed by atoms with van der Waals surface area (Å²) in [4.78, 5) is 24.5. The van der Waals surface area contributed by atoms with Crippen LogP contribution in [0.2, 0.25) is 0 Å². The van der Waals surface area contributed by atoms with Crippen LogP contribution < -0.4 is 11.1 Å². The van der Waals surface area contributed by atoms with Gasteiger partial charge in [0.1, 0.15) is 5.82 Å². The molecule has 1 aromatic carbocycles. The number of nitrogens with zero attached hydrogens (tertiary/aromatic N) is 1. The molecule has 3 N–H and O–H groups in total. The standard InChI is InChI=1S/C14H20FN3O2/c1-9(2)18(7-13(16)19)8-14(20)17-11-5-4-10(3)12(15)6-11/h4-6,9H,7-8H2,1-3H3,(H2,16,19)(H,17,20). The molecule has 1 rings (SSSR count). The largest absolute Gasteiger partial charge is 0.369 e. The van der Waals surface area contributed by atoms with E-state index in [4.69, 9.17) is 5.73 Å². The third kappa shape index (κ3) is 4.97. The number of carbonyl (C=O) groups is 2. The summed E-state index contributed by atoms with van der Waals surface area (Å²) in [5, 5.41) is 2.60. The molecule has 5 nitrogen and oxygen atoms in total. The van der Waals surface area contributed by atoms with Crippen LogP contribution in [0.5, 0.6) is 0 Å². The van der Waals surface area contributed by atoms with Crippen molar-refractivity contribution >= 4 is 17.5 Å². The molecular weight excluding hydrogens is 261 g/mol. The van der Waals surface area contributed by atoms with Crippen LogP contribution >= 0.6 is 0 Å². The fraction of sp³-hybridized carbons (Fsp3) is 0.429. The monoisotopic (exact) mass is 281 g/mol. The van der Waals surface area contributed by atoms with Gasteiger partial charge in [-0.2, -0.15) is 0 Å². The Morgan fingerprint density at radius 1 is 1.35 bits per heavy atom. The second kappa shape index (κ2) is 7.00. The first-order valence-corrected chi connectivity index (χ1v) is 6.38. The summed E-state index contributed by atoms with van der Waals surface area (Å²) < 4.78 is 13.4. The molecule has 0 saturated carbocycles. The van der Waals surface area contributed by atoms with Crippen molar-refractivity contribution in [2.24, 2.45) is 5.73 Å². The van der Waals surface area contributed by atoms with Crippen LogP contribution in [0.15, 0.2) is 18.2 Å². The lowest BCUT2D eigenvalue weighted by molar-refractivity contribution is -0.121. The van der Waals surface area contributed by atoms with E-state index in [9.17, 15) is 14.0 Å². The summed E-state index contributed by atoms with van der Waals surface area (Å²) in [6.45, 7) is 5.40. The highest BCUT2D eigenvalue weighted by Gasteiger charge is 2.16. The molecule has 0 saturated heterocycles. The first kappa shape index (κ1) is 16.1. The molecule has 0 bridgehead atoms. The molecule has 0 spiro atoms. The van der Waals surface area contributed by atoms with Gasteiger partial charge >= 0.3 is 0 Å². The fourth-order valence-corrected chi connectivity index (χ4v) is 1.68. The molecule has 6 heteroatoms. The van der Waals surface area contributed by atoms with Crippen molar-refractivity contribution < 1.29 is 14.0 Å². The summed E-state index contributed by atoms with van der Waals surface area (Å²) in [6.07, 6.45) is 0. The second-order valence-electron chi connectivity index (χ2n) is 4.98. The molecule has 0 unspecified atom stereocenters. The zero-order chi connectivity index (χ0) is 15.3. The molecule has 0 aliphatic rings. The number of aryl methyl sites for hydroxylation is 1. The Morgan fingerprint density at radius 2 is 2.00 bits per heavy atom. The van der Waals surface area contributed by atoms with Gasteiger partial charge in [-0.15, -0.1) is 0 Å². The van der Waals surface area contributed by atoms with Crippen molar-refractivity contribution in [2.45, 2.75) is 26.8 Å². The van der Waals surface area contributed by atoms with Crippen LogP contribution in [0, 0.1) is 12.7 Å². The number of hydrogen-bond donors (Lipinski definition) is 2. The van der Waals surface area contributed by atoms with Crippen LogP contribution in [0.3, 0.4) is 0 Å². The third-order valence-corrected chi connectivity index (χ3v) is 2.89. The Balaban J connectivity index is 2.65. The number of anilines is 1. The van der Waals surface area contributed by atoms with Crippen molar-refractivity contribution in [1.82, 2.24) is 4.90 Å². The van der Waals surface area contributed by atoms with Crippen molar-refractivity contribution in [3.63, 3.8) is 0 Å². The fourth-order valence-electron chi connectivity index (χ4n) is 1.68. The molecule has 0 aromatic heterocycles. The van der Waals surface area contributed by atoms with Gasteiger partial charge in [0, 0.05) is 11.7 Å². The predicted molar refractivity (Wildman–Crippen MR) is 75.7 cm³/mol. The number of primary amides is 1. The third-order valence-electron chi connectivity index (χ3n) is 2.89. The second-order valence-corrected chi connectivity index (χ2v) is 4.98. The van der Waals surface area contributed by atoms with E-state index in [0.29, 0.717) is 11.3 Å². The Bertz CT molecular complexity index is 503. The molecule has 0 atom stereocenters. The molecule has 0 radical (unpaired) electrons. The summed E-state index contributed by atoms with van der Waals surface area (Å²) >= 11 is 0. The van der Waals surface area contributed by atoms with E-state index in [1.807, 2.05) is 13.8 Å². The molecule has 0 aliphatic heterocycles. The maximum Gasteiger partial charge on any atom is 0.238 e. The van der Waals surface area contributed by atoms with E-state index < -0.39 is 5.91 Å². The highest BCUT2D eigenvalue weighted by Crippen LogP contribution is 2.13. The predicted octanol–water partition coefficient (Wildman–Crippen LogP) is 1.27. The smallest absolute Gasteiger partial charge is 0.238 e. The van der Waals surface area contributed by atoms with Gasteiger partial charge in [-0.3, -0.25) is 14.5 Å². The van der Waals surface area contributed by atoms with E-state index in [2.05, 4.69) is 5.32 Å². The number of rotatable bonds is 6. The number of benzene rings is 1. The highest BCUT2D eigenvalue weighted by atomic mass is 19.1. The maximum absolute atomic E-state index is 13.4. The van der Waals surface area contributed by atoms with Gasteiger partial charge in [0.05, 0.1) is 13.1 Å². The van der Waals surface area contributed by atoms with Crippen LogP contribution in [0.25, 0.3) is 0 Å². The Hall–Kier alpha value is -1.95. The number of carbonyl (C=O) groups excluding carboxylic acids is 2. The van der Waals surface area contributed by atoms with Crippen LogP contribution in [-0.2, 0) is 9.59 Å². The number of amides is 2. The van der Waals surface area contributed by atoms with Crippen LogP contribution in [0.1, 0.15) is 19.4 Å². The van der Waals surface area contributed by atoms with E-state index in [1.54, 1.807) is 24.0 Å². The Morgan fingerprint density at radius 3 is 2.50 bits per heavy atom. The van der Waals surface area contributed by atoms with E-state index in [-0.39, 0.29) is 30.9 Å². The normalized spacial score (nSPS) is 10.9. The summed E-state index contributed by atoms with van der Waals surface area (Å²) in [5.74, 6) is -1.18. The van der Waals surface area contributed by atoms with Gasteiger partial charge in [-0.1, -0.05) is 6.07 Å². The lowest BCUT2D eigenvalue weighted by Crippen LogP contribution is -2.43. The van der Waals surface area contributed by atoms with Gasteiger partial charge < -0.3 is 11.1 Å². The minimum absolute atomic E-state index is 0.00278. The first-order chi connectivity index (χ1) is 9.29. The molecule has 0 heterocycles. The van der Waals surface area contributed by atoms with Gasteiger partial charge in [-0.05, 0) is 38.5 Å². The number of nitrogens with two attached hydrogens (primary N) is 1. The molecule has 0 aliphatic carbocycles. The topological polar surface area (TPSA) is 75.4 Å². The van der Waals surface area contributed by atoms with Crippen molar-refractivity contribution in [3.05, 3.63) is 29.6 Å². The highest BCUT2D eigenvalue weighted by molar-refractivity contribution is 5.92. The average molecular weight is 281 g/mol. The van der Waals surface area contributed by atoms with E-state index >= 15 is 0 Å². The SMILES string of the molecule is Cc1ccc(NC(=O)CN(CC(N)=O)C(C)C)cc1F. The lowest BCUT2D eigenvalue weighted by Gasteiger charge is -2.24. The van der Waals surface area contributed by atoms with Crippen molar-refractivity contribution in [2.75, 3.05) is 18.4 Å². The minimum Gasteiger partial charge on any atom is -0.369 e. The average Bonchev–Trinajstić information content (AvgIpc) is 2.32. The van der Waals surface area contributed by atoms with E-state index in [1.165, 1.54) is 6.07 Å². The zero-order valence-electron chi connectivity index (χ0n) is 11.9. The summed E-state index contributed by atoms with van der Waals surface area (Å²) in [6, 6.07) is 4.49. The summed E-state index contributed by atoms with van der Waals surface area (Å²) in [5.41, 5.74) is 6.04.